The molecule has 0 spiro atoms. The second-order valence-electron chi connectivity index (χ2n) is 7.38. The maximum Gasteiger partial charge on any atom is 0.490 e. The molecule has 8 nitrogen and oxygen atoms in total. The van der Waals surface area contributed by atoms with Gasteiger partial charge < -0.3 is 20.7 Å². The molecule has 1 aromatic carbocycles. The number of H-pyrrole nitrogens is 1. The van der Waals surface area contributed by atoms with Crippen molar-refractivity contribution >= 4 is 28.7 Å². The number of aliphatic carboxylic acids is 1. The number of halogens is 3. The lowest BCUT2D eigenvalue weighted by Crippen LogP contribution is -2.21. The van der Waals surface area contributed by atoms with Crippen molar-refractivity contribution in [2.75, 3.05) is 18.9 Å². The van der Waals surface area contributed by atoms with Gasteiger partial charge in [0.05, 0.1) is 6.20 Å². The first-order valence-electron chi connectivity index (χ1n) is 10.3. The van der Waals surface area contributed by atoms with E-state index in [-0.39, 0.29) is 17.4 Å². The molecule has 1 aromatic heterocycles. The fourth-order valence-electron chi connectivity index (χ4n) is 3.21. The lowest BCUT2D eigenvalue weighted by Gasteiger charge is -2.19. The van der Waals surface area contributed by atoms with Crippen LogP contribution in [0.3, 0.4) is 0 Å². The summed E-state index contributed by atoms with van der Waals surface area (Å²) in [5.41, 5.74) is 5.31. The monoisotopic (exact) mass is 475 g/mol. The molecule has 0 saturated carbocycles. The number of hydrogen-bond acceptors (Lipinski definition) is 5. The standard InChI is InChI=1S/C21H23N5O.C2HF3O2/c1-14(12-23-2)16-8-9-19(18(10-16)15-6-4-3-5-7-15)26-21(27)20-24-13-17(11-22)25-20;3-2(4,5)1(6)7/h6,8-10,13,23H,1,3-5,7,12H2,2H3,(H,24,25)(H,26,27);(H,6,7). The number of hydrogen-bond donors (Lipinski definition) is 4. The van der Waals surface area contributed by atoms with E-state index in [9.17, 15) is 18.0 Å². The number of nitriles is 1. The Morgan fingerprint density at radius 1 is 1.32 bits per heavy atom. The summed E-state index contributed by atoms with van der Waals surface area (Å²) in [6.45, 7) is 4.84. The first kappa shape index (κ1) is 26.3. The van der Waals surface area contributed by atoms with Gasteiger partial charge in [-0.25, -0.2) is 9.78 Å². The van der Waals surface area contributed by atoms with Crippen LogP contribution >= 0.6 is 0 Å². The smallest absolute Gasteiger partial charge is 0.475 e. The molecule has 0 unspecified atom stereocenters. The van der Waals surface area contributed by atoms with Crippen LogP contribution in [0.4, 0.5) is 18.9 Å². The molecule has 1 heterocycles. The van der Waals surface area contributed by atoms with Crippen LogP contribution in [0.25, 0.3) is 11.1 Å². The van der Waals surface area contributed by atoms with Crippen molar-refractivity contribution < 1.29 is 27.9 Å². The van der Waals surface area contributed by atoms with Gasteiger partial charge in [-0.05, 0) is 61.6 Å². The van der Waals surface area contributed by atoms with Crippen molar-refractivity contribution in [2.24, 2.45) is 0 Å². The zero-order chi connectivity index (χ0) is 25.3. The van der Waals surface area contributed by atoms with Crippen LogP contribution in [0.15, 0.2) is 37.1 Å². The van der Waals surface area contributed by atoms with E-state index < -0.39 is 12.1 Å². The number of likely N-dealkylation sites (N-methyl/N-ethyl adjacent to an activating group) is 1. The van der Waals surface area contributed by atoms with Crippen molar-refractivity contribution in [2.45, 2.75) is 31.9 Å². The predicted molar refractivity (Wildman–Crippen MR) is 121 cm³/mol. The molecule has 1 aliphatic carbocycles. The summed E-state index contributed by atoms with van der Waals surface area (Å²) >= 11 is 0. The third kappa shape index (κ3) is 7.31. The number of imidazole rings is 1. The summed E-state index contributed by atoms with van der Waals surface area (Å²) in [4.78, 5) is 28.1. The Morgan fingerprint density at radius 2 is 2.03 bits per heavy atom. The van der Waals surface area contributed by atoms with E-state index in [0.717, 1.165) is 41.6 Å². The minimum atomic E-state index is -5.08. The highest BCUT2D eigenvalue weighted by molar-refractivity contribution is 6.03. The largest absolute Gasteiger partial charge is 0.490 e. The third-order valence-corrected chi connectivity index (χ3v) is 4.86. The fraction of sp³-hybridized carbons (Fsp3) is 0.304. The number of nitrogens with zero attached hydrogens (tertiary/aromatic N) is 2. The summed E-state index contributed by atoms with van der Waals surface area (Å²) in [5.74, 6) is -3.00. The predicted octanol–water partition coefficient (Wildman–Crippen LogP) is 4.36. The van der Waals surface area contributed by atoms with Crippen molar-refractivity contribution in [3.8, 4) is 6.07 Å². The van der Waals surface area contributed by atoms with E-state index in [4.69, 9.17) is 15.2 Å². The van der Waals surface area contributed by atoms with Crippen molar-refractivity contribution in [3.63, 3.8) is 0 Å². The Kier molecular flexibility index (Phi) is 9.15. The molecule has 1 aliphatic rings. The number of rotatable bonds is 6. The fourth-order valence-corrected chi connectivity index (χ4v) is 3.21. The molecule has 0 radical (unpaired) electrons. The van der Waals surface area contributed by atoms with Gasteiger partial charge in [0.15, 0.2) is 5.82 Å². The first-order valence-corrected chi connectivity index (χ1v) is 10.3. The molecule has 0 bridgehead atoms. The number of alkyl halides is 3. The van der Waals surface area contributed by atoms with Crippen LogP contribution in [0.2, 0.25) is 0 Å². The van der Waals surface area contributed by atoms with Crippen molar-refractivity contribution in [1.82, 2.24) is 15.3 Å². The van der Waals surface area contributed by atoms with Gasteiger partial charge in [-0.2, -0.15) is 18.4 Å². The lowest BCUT2D eigenvalue weighted by molar-refractivity contribution is -0.192. The normalized spacial score (nSPS) is 13.1. The average Bonchev–Trinajstić information content (AvgIpc) is 3.29. The summed E-state index contributed by atoms with van der Waals surface area (Å²) in [6.07, 6.45) is 2.90. The maximum absolute atomic E-state index is 12.5. The molecular weight excluding hydrogens is 451 g/mol. The van der Waals surface area contributed by atoms with E-state index in [2.05, 4.69) is 39.3 Å². The number of nitrogens with one attached hydrogen (secondary N) is 3. The molecule has 180 valence electrons. The van der Waals surface area contributed by atoms with Crippen LogP contribution < -0.4 is 10.6 Å². The summed E-state index contributed by atoms with van der Waals surface area (Å²) in [6, 6.07) is 7.90. The Bertz CT molecular complexity index is 1130. The SMILES string of the molecule is C=C(CNC)c1ccc(NC(=O)c2ncc(C#N)[nH]2)c(C2=CCCCC2)c1.O=C(O)C(F)(F)F. The zero-order valence-corrected chi connectivity index (χ0v) is 18.4. The van der Waals surface area contributed by atoms with Gasteiger partial charge >= 0.3 is 12.1 Å². The van der Waals surface area contributed by atoms with Crippen LogP contribution in [0, 0.1) is 11.3 Å². The van der Waals surface area contributed by atoms with E-state index in [1.54, 1.807) is 0 Å². The van der Waals surface area contributed by atoms with Gasteiger partial charge in [0.2, 0.25) is 0 Å². The van der Waals surface area contributed by atoms with Crippen molar-refractivity contribution in [3.05, 3.63) is 59.7 Å². The molecule has 0 atom stereocenters. The summed E-state index contributed by atoms with van der Waals surface area (Å²) < 4.78 is 31.7. The Labute approximate surface area is 194 Å². The van der Waals surface area contributed by atoms with Crippen LogP contribution in [0.5, 0.6) is 0 Å². The lowest BCUT2D eigenvalue weighted by atomic mass is 9.90. The zero-order valence-electron chi connectivity index (χ0n) is 18.4. The number of anilines is 1. The van der Waals surface area contributed by atoms with E-state index >= 15 is 0 Å². The second-order valence-corrected chi connectivity index (χ2v) is 7.38. The molecule has 0 fully saturated rings. The number of carbonyl (C=O) groups is 2. The Hall–Kier alpha value is -3.91. The van der Waals surface area contributed by atoms with Crippen LogP contribution in [-0.4, -0.2) is 46.7 Å². The summed E-state index contributed by atoms with van der Waals surface area (Å²) in [7, 11) is 1.89. The minimum absolute atomic E-state index is 0.124. The van der Waals surface area contributed by atoms with Gasteiger partial charge in [-0.15, -0.1) is 0 Å². The van der Waals surface area contributed by atoms with Gasteiger partial charge in [0.25, 0.3) is 5.91 Å². The number of benzene rings is 1. The van der Waals surface area contributed by atoms with Gasteiger partial charge in [-0.3, -0.25) is 4.79 Å². The highest BCUT2D eigenvalue weighted by Gasteiger charge is 2.38. The molecule has 11 heteroatoms. The molecular formula is C23H24F3N5O3. The van der Waals surface area contributed by atoms with Gasteiger partial charge in [0, 0.05) is 17.8 Å². The number of carbonyl (C=O) groups excluding carboxylic acids is 1. The molecule has 34 heavy (non-hydrogen) atoms. The van der Waals surface area contributed by atoms with Crippen LogP contribution in [-0.2, 0) is 4.79 Å². The molecule has 3 rings (SSSR count). The number of amides is 1. The number of aromatic nitrogens is 2. The second kappa shape index (κ2) is 11.8. The van der Waals surface area contributed by atoms with Gasteiger partial charge in [-0.1, -0.05) is 18.7 Å². The van der Waals surface area contributed by atoms with E-state index in [0.29, 0.717) is 6.54 Å². The molecule has 1 amide bonds. The molecule has 0 saturated heterocycles. The van der Waals surface area contributed by atoms with Crippen LogP contribution in [0.1, 0.15) is 53.1 Å². The highest BCUT2D eigenvalue weighted by atomic mass is 19.4. The molecule has 4 N–H and O–H groups in total. The van der Waals surface area contributed by atoms with E-state index in [1.807, 2.05) is 25.2 Å². The maximum atomic E-state index is 12.5. The highest BCUT2D eigenvalue weighted by Crippen LogP contribution is 2.33. The number of allylic oxidation sites excluding steroid dienone is 2. The quantitative estimate of drug-likeness (QED) is 0.491. The topological polar surface area (TPSA) is 131 Å². The first-order chi connectivity index (χ1) is 16.1. The Morgan fingerprint density at radius 3 is 2.56 bits per heavy atom. The minimum Gasteiger partial charge on any atom is -0.475 e. The molecule has 0 aliphatic heterocycles. The number of carboxylic acid groups (broad SMARTS) is 1. The van der Waals surface area contributed by atoms with E-state index in [1.165, 1.54) is 18.2 Å². The number of aromatic amines is 1. The summed E-state index contributed by atoms with van der Waals surface area (Å²) in [5, 5.41) is 22.1. The molecule has 2 aromatic rings. The van der Waals surface area contributed by atoms with Gasteiger partial charge in [0.1, 0.15) is 11.8 Å². The Balaban J connectivity index is 0.000000509. The average molecular weight is 475 g/mol. The number of carboxylic acids is 1. The third-order valence-electron chi connectivity index (χ3n) is 4.86. The van der Waals surface area contributed by atoms with Crippen molar-refractivity contribution in [1.29, 1.82) is 5.26 Å².